The molecular weight excluding hydrogens is 442 g/mol. The summed E-state index contributed by atoms with van der Waals surface area (Å²) in [5.41, 5.74) is 5.01. The number of anilines is 2. The minimum atomic E-state index is -3.88. The second-order valence-electron chi connectivity index (χ2n) is 7.91. The lowest BCUT2D eigenvalue weighted by Crippen LogP contribution is -2.17. The lowest BCUT2D eigenvalue weighted by atomic mass is 10.0. The van der Waals surface area contributed by atoms with Crippen LogP contribution >= 0.6 is 0 Å². The Labute approximate surface area is 191 Å². The standard InChI is InChI=1S/C23H23N5O4S/c1-13-9-14(2)22-19(27-32-20(22)10-13)12-21(29)26-17-5-7-18(8-6-17)33(30,31)28-23-24-15(3)11-16(4)25-23/h5-11H,12H2,1-4H3,(H,26,29)(H,24,25,28). The summed E-state index contributed by atoms with van der Waals surface area (Å²) in [4.78, 5) is 20.8. The van der Waals surface area contributed by atoms with E-state index in [1.54, 1.807) is 19.9 Å². The lowest BCUT2D eigenvalue weighted by molar-refractivity contribution is -0.115. The zero-order chi connectivity index (χ0) is 23.8. The Morgan fingerprint density at radius 3 is 2.30 bits per heavy atom. The van der Waals surface area contributed by atoms with Crippen LogP contribution < -0.4 is 10.0 Å². The van der Waals surface area contributed by atoms with E-state index in [2.05, 4.69) is 25.2 Å². The van der Waals surface area contributed by atoms with Gasteiger partial charge in [0.1, 0.15) is 5.69 Å². The maximum atomic E-state index is 12.7. The van der Waals surface area contributed by atoms with Crippen molar-refractivity contribution in [3.8, 4) is 0 Å². The predicted octanol–water partition coefficient (Wildman–Crippen LogP) is 3.83. The van der Waals surface area contributed by atoms with Gasteiger partial charge in [-0.25, -0.2) is 23.1 Å². The molecule has 0 unspecified atom stereocenters. The SMILES string of the molecule is Cc1cc(C)c2c(CC(=O)Nc3ccc(S(=O)(=O)Nc4nc(C)cc(C)n4)cc3)noc2c1. The van der Waals surface area contributed by atoms with Gasteiger partial charge in [0.05, 0.1) is 11.3 Å². The van der Waals surface area contributed by atoms with Gasteiger partial charge in [0.15, 0.2) is 5.58 Å². The maximum absolute atomic E-state index is 12.7. The summed E-state index contributed by atoms with van der Waals surface area (Å²) in [6.45, 7) is 7.43. The summed E-state index contributed by atoms with van der Waals surface area (Å²) in [5, 5.41) is 7.63. The maximum Gasteiger partial charge on any atom is 0.264 e. The van der Waals surface area contributed by atoms with Gasteiger partial charge in [-0.05, 0) is 75.2 Å². The average Bonchev–Trinajstić information content (AvgIpc) is 3.09. The van der Waals surface area contributed by atoms with E-state index in [-0.39, 0.29) is 23.2 Å². The van der Waals surface area contributed by atoms with Gasteiger partial charge in [-0.3, -0.25) is 4.79 Å². The van der Waals surface area contributed by atoms with Crippen molar-refractivity contribution >= 4 is 38.5 Å². The van der Waals surface area contributed by atoms with E-state index in [0.29, 0.717) is 28.4 Å². The highest BCUT2D eigenvalue weighted by Crippen LogP contribution is 2.25. The minimum absolute atomic E-state index is 0.00945. The molecule has 2 heterocycles. The molecule has 0 saturated carbocycles. The van der Waals surface area contributed by atoms with E-state index in [1.165, 1.54) is 24.3 Å². The molecule has 1 amide bonds. The molecule has 0 fully saturated rings. The Hall–Kier alpha value is -3.79. The molecule has 4 rings (SSSR count). The minimum Gasteiger partial charge on any atom is -0.356 e. The van der Waals surface area contributed by atoms with Gasteiger partial charge < -0.3 is 9.84 Å². The Morgan fingerprint density at radius 2 is 1.64 bits per heavy atom. The van der Waals surface area contributed by atoms with Crippen molar-refractivity contribution in [2.75, 3.05) is 10.0 Å². The largest absolute Gasteiger partial charge is 0.356 e. The Morgan fingerprint density at radius 1 is 0.970 bits per heavy atom. The molecule has 9 nitrogen and oxygen atoms in total. The van der Waals surface area contributed by atoms with E-state index in [4.69, 9.17) is 4.52 Å². The highest BCUT2D eigenvalue weighted by Gasteiger charge is 2.18. The number of nitrogens with zero attached hydrogens (tertiary/aromatic N) is 3. The second kappa shape index (κ2) is 8.62. The van der Waals surface area contributed by atoms with E-state index in [9.17, 15) is 13.2 Å². The number of sulfonamides is 1. The lowest BCUT2D eigenvalue weighted by Gasteiger charge is -2.09. The molecule has 2 aromatic carbocycles. The van der Waals surface area contributed by atoms with Crippen molar-refractivity contribution in [1.82, 2.24) is 15.1 Å². The highest BCUT2D eigenvalue weighted by molar-refractivity contribution is 7.92. The number of carbonyl (C=O) groups is 1. The summed E-state index contributed by atoms with van der Waals surface area (Å²) in [6.07, 6.45) is 0.0303. The quantitative estimate of drug-likeness (QED) is 0.443. The zero-order valence-corrected chi connectivity index (χ0v) is 19.4. The van der Waals surface area contributed by atoms with Gasteiger partial charge in [-0.2, -0.15) is 0 Å². The topological polar surface area (TPSA) is 127 Å². The van der Waals surface area contributed by atoms with E-state index >= 15 is 0 Å². The van der Waals surface area contributed by atoms with Crippen LogP contribution in [0.3, 0.4) is 0 Å². The van der Waals surface area contributed by atoms with Gasteiger partial charge in [0, 0.05) is 22.5 Å². The van der Waals surface area contributed by atoms with Crippen molar-refractivity contribution in [3.05, 3.63) is 70.7 Å². The van der Waals surface area contributed by atoms with Crippen LogP contribution in [0.2, 0.25) is 0 Å². The number of amides is 1. The van der Waals surface area contributed by atoms with Crippen LogP contribution in [0.15, 0.2) is 51.9 Å². The fraction of sp³-hybridized carbons (Fsp3) is 0.217. The number of hydrogen-bond donors (Lipinski definition) is 2. The third-order valence-electron chi connectivity index (χ3n) is 4.97. The smallest absolute Gasteiger partial charge is 0.264 e. The molecule has 0 aliphatic rings. The molecule has 0 spiro atoms. The zero-order valence-electron chi connectivity index (χ0n) is 18.6. The van der Waals surface area contributed by atoms with E-state index in [1.807, 2.05) is 26.0 Å². The van der Waals surface area contributed by atoms with Crippen LogP contribution in [0.25, 0.3) is 11.0 Å². The number of benzene rings is 2. The molecule has 0 atom stereocenters. The van der Waals surface area contributed by atoms with Crippen molar-refractivity contribution in [2.24, 2.45) is 0 Å². The fourth-order valence-corrected chi connectivity index (χ4v) is 4.61. The fourth-order valence-electron chi connectivity index (χ4n) is 3.67. The Bertz CT molecular complexity index is 1440. The average molecular weight is 466 g/mol. The third kappa shape index (κ3) is 5.01. The van der Waals surface area contributed by atoms with Gasteiger partial charge in [-0.15, -0.1) is 0 Å². The Balaban J connectivity index is 1.45. The number of hydrogen-bond acceptors (Lipinski definition) is 7. The first-order chi connectivity index (χ1) is 15.6. The summed E-state index contributed by atoms with van der Waals surface area (Å²) in [6, 6.07) is 11.5. The predicted molar refractivity (Wildman–Crippen MR) is 125 cm³/mol. The second-order valence-corrected chi connectivity index (χ2v) is 9.60. The molecule has 0 saturated heterocycles. The van der Waals surface area contributed by atoms with Gasteiger partial charge in [0.25, 0.3) is 10.0 Å². The van der Waals surface area contributed by atoms with Crippen LogP contribution in [0.1, 0.15) is 28.2 Å². The molecule has 170 valence electrons. The first-order valence-corrected chi connectivity index (χ1v) is 11.7. The van der Waals surface area contributed by atoms with E-state index in [0.717, 1.165) is 16.5 Å². The number of nitrogens with one attached hydrogen (secondary N) is 2. The molecule has 0 aliphatic carbocycles. The summed E-state index contributed by atoms with van der Waals surface area (Å²) >= 11 is 0. The molecule has 2 N–H and O–H groups in total. The first kappa shape index (κ1) is 22.4. The third-order valence-corrected chi connectivity index (χ3v) is 6.31. The molecule has 0 radical (unpaired) electrons. The normalized spacial score (nSPS) is 11.5. The molecule has 10 heteroatoms. The van der Waals surface area contributed by atoms with Crippen LogP contribution in [0, 0.1) is 27.7 Å². The summed E-state index contributed by atoms with van der Waals surface area (Å²) < 4.78 is 33.0. The van der Waals surface area contributed by atoms with Gasteiger partial charge >= 0.3 is 0 Å². The number of aromatic nitrogens is 3. The molecule has 2 aromatic heterocycles. The monoisotopic (exact) mass is 465 g/mol. The number of rotatable bonds is 6. The van der Waals surface area contributed by atoms with Crippen LogP contribution in [-0.4, -0.2) is 29.4 Å². The van der Waals surface area contributed by atoms with Crippen LogP contribution in [0.5, 0.6) is 0 Å². The molecule has 33 heavy (non-hydrogen) atoms. The summed E-state index contributed by atoms with van der Waals surface area (Å²) in [7, 11) is -3.88. The highest BCUT2D eigenvalue weighted by atomic mass is 32.2. The van der Waals surface area contributed by atoms with Gasteiger partial charge in [-0.1, -0.05) is 11.2 Å². The Kier molecular flexibility index (Phi) is 5.86. The number of fused-ring (bicyclic) bond motifs is 1. The van der Waals surface area contributed by atoms with Crippen molar-refractivity contribution in [2.45, 2.75) is 39.0 Å². The molecule has 4 aromatic rings. The molecular formula is C23H23N5O4S. The van der Waals surface area contributed by atoms with Crippen molar-refractivity contribution in [3.63, 3.8) is 0 Å². The molecule has 0 aliphatic heterocycles. The number of aryl methyl sites for hydroxylation is 4. The van der Waals surface area contributed by atoms with E-state index < -0.39 is 10.0 Å². The molecule has 0 bridgehead atoms. The van der Waals surface area contributed by atoms with Crippen molar-refractivity contribution in [1.29, 1.82) is 0 Å². The van der Waals surface area contributed by atoms with Crippen LogP contribution in [-0.2, 0) is 21.2 Å². The van der Waals surface area contributed by atoms with Gasteiger partial charge in [0.2, 0.25) is 11.9 Å². The summed E-state index contributed by atoms with van der Waals surface area (Å²) in [5.74, 6) is -0.280. The van der Waals surface area contributed by atoms with Crippen molar-refractivity contribution < 1.29 is 17.7 Å². The first-order valence-electron chi connectivity index (χ1n) is 10.2. The number of carbonyl (C=O) groups excluding carboxylic acids is 1. The van der Waals surface area contributed by atoms with Crippen LogP contribution in [0.4, 0.5) is 11.6 Å².